The molecule has 0 spiro atoms. The van der Waals surface area contributed by atoms with Crippen molar-refractivity contribution in [2.45, 2.75) is 12.2 Å². The minimum atomic E-state index is -3.48. The van der Waals surface area contributed by atoms with Crippen molar-refractivity contribution in [2.75, 3.05) is 6.54 Å². The maximum Gasteiger partial charge on any atom is 0.219 e. The number of hydrogen-bond acceptors (Lipinski definition) is 5. The molecule has 2 aromatic heterocycles. The summed E-state index contributed by atoms with van der Waals surface area (Å²) in [7, 11) is -3.48. The van der Waals surface area contributed by atoms with Gasteiger partial charge in [-0.15, -0.1) is 0 Å². The fourth-order valence-corrected chi connectivity index (χ4v) is 3.29. The third-order valence-electron chi connectivity index (χ3n) is 3.42. The highest BCUT2D eigenvalue weighted by Crippen LogP contribution is 2.19. The van der Waals surface area contributed by atoms with Gasteiger partial charge in [0.1, 0.15) is 11.4 Å². The van der Waals surface area contributed by atoms with Crippen LogP contribution in [0.4, 0.5) is 0 Å². The Kier molecular flexibility index (Phi) is 5.02. The lowest BCUT2D eigenvalue weighted by Gasteiger charge is -2.04. The zero-order chi connectivity index (χ0) is 16.8. The van der Waals surface area contributed by atoms with Crippen molar-refractivity contribution in [3.05, 3.63) is 72.2 Å². The summed E-state index contributed by atoms with van der Waals surface area (Å²) in [5, 5.41) is 3.92. The van der Waals surface area contributed by atoms with E-state index in [1.54, 1.807) is 18.5 Å². The van der Waals surface area contributed by atoms with Gasteiger partial charge in [0.2, 0.25) is 10.0 Å². The minimum absolute atomic E-state index is 0.236. The maximum absolute atomic E-state index is 12.1. The number of aromatic nitrogens is 2. The molecule has 0 radical (unpaired) electrons. The molecule has 0 fully saturated rings. The van der Waals surface area contributed by atoms with Crippen LogP contribution < -0.4 is 4.72 Å². The predicted molar refractivity (Wildman–Crippen MR) is 90.5 cm³/mol. The Morgan fingerprint density at radius 2 is 1.92 bits per heavy atom. The van der Waals surface area contributed by atoms with Gasteiger partial charge < -0.3 is 4.52 Å². The highest BCUT2D eigenvalue weighted by atomic mass is 32.2. The zero-order valence-corrected chi connectivity index (χ0v) is 13.7. The van der Waals surface area contributed by atoms with Gasteiger partial charge in [-0.1, -0.05) is 41.6 Å². The molecule has 1 N–H and O–H groups in total. The molecule has 24 heavy (non-hydrogen) atoms. The molecule has 0 saturated carbocycles. The van der Waals surface area contributed by atoms with Crippen LogP contribution in [0, 0.1) is 0 Å². The van der Waals surface area contributed by atoms with Crippen molar-refractivity contribution in [3.63, 3.8) is 0 Å². The first-order valence-corrected chi connectivity index (χ1v) is 9.15. The lowest BCUT2D eigenvalue weighted by atomic mass is 10.1. The van der Waals surface area contributed by atoms with E-state index >= 15 is 0 Å². The Hall–Kier alpha value is -2.51. The topological polar surface area (TPSA) is 85.1 Å². The molecule has 3 rings (SSSR count). The SMILES string of the molecule is O=S(=O)(Cc1cc(-c2ccccc2)no1)NCCc1cccnc1. The number of rotatable bonds is 7. The Labute approximate surface area is 140 Å². The second-order valence-electron chi connectivity index (χ2n) is 5.31. The van der Waals surface area contributed by atoms with Crippen LogP contribution >= 0.6 is 0 Å². The third-order valence-corrected chi connectivity index (χ3v) is 4.73. The molecule has 3 aromatic rings. The Morgan fingerprint density at radius 3 is 2.67 bits per heavy atom. The predicted octanol–water partition coefficient (Wildman–Crippen LogP) is 2.40. The van der Waals surface area contributed by atoms with Gasteiger partial charge in [0.15, 0.2) is 5.76 Å². The highest BCUT2D eigenvalue weighted by Gasteiger charge is 2.15. The summed E-state index contributed by atoms with van der Waals surface area (Å²) >= 11 is 0. The van der Waals surface area contributed by atoms with Crippen molar-refractivity contribution < 1.29 is 12.9 Å². The monoisotopic (exact) mass is 343 g/mol. The van der Waals surface area contributed by atoms with Crippen LogP contribution in [0.5, 0.6) is 0 Å². The van der Waals surface area contributed by atoms with Crippen molar-refractivity contribution in [1.29, 1.82) is 0 Å². The normalized spacial score (nSPS) is 11.5. The average Bonchev–Trinajstić information content (AvgIpc) is 3.04. The van der Waals surface area contributed by atoms with Crippen LogP contribution in [0.1, 0.15) is 11.3 Å². The van der Waals surface area contributed by atoms with Crippen molar-refractivity contribution >= 4 is 10.0 Å². The second kappa shape index (κ2) is 7.37. The quantitative estimate of drug-likeness (QED) is 0.712. The molecule has 0 aliphatic carbocycles. The largest absolute Gasteiger partial charge is 0.360 e. The van der Waals surface area contributed by atoms with E-state index < -0.39 is 10.0 Å². The molecule has 0 bridgehead atoms. The van der Waals surface area contributed by atoms with E-state index in [2.05, 4.69) is 14.9 Å². The zero-order valence-electron chi connectivity index (χ0n) is 12.9. The molecule has 7 heteroatoms. The van der Waals surface area contributed by atoms with E-state index in [4.69, 9.17) is 4.52 Å². The van der Waals surface area contributed by atoms with Gasteiger partial charge in [-0.05, 0) is 18.1 Å². The van der Waals surface area contributed by atoms with Crippen LogP contribution in [0.2, 0.25) is 0 Å². The first-order valence-electron chi connectivity index (χ1n) is 7.50. The molecule has 0 aliphatic heterocycles. The molecule has 0 amide bonds. The standard InChI is InChI=1S/C17H17N3O3S/c21-24(22,19-10-8-14-5-4-9-18-12-14)13-16-11-17(20-23-16)15-6-2-1-3-7-15/h1-7,9,11-12,19H,8,10,13H2. The molecular formula is C17H17N3O3S. The van der Waals surface area contributed by atoms with Gasteiger partial charge in [-0.2, -0.15) is 0 Å². The highest BCUT2D eigenvalue weighted by molar-refractivity contribution is 7.88. The number of hydrogen-bond donors (Lipinski definition) is 1. The average molecular weight is 343 g/mol. The molecule has 0 atom stereocenters. The summed E-state index contributed by atoms with van der Waals surface area (Å²) in [6.07, 6.45) is 3.98. The summed E-state index contributed by atoms with van der Waals surface area (Å²) in [5.41, 5.74) is 2.48. The third kappa shape index (κ3) is 4.50. The fourth-order valence-electron chi connectivity index (χ4n) is 2.26. The van der Waals surface area contributed by atoms with Crippen LogP contribution in [0.15, 0.2) is 65.4 Å². The smallest absolute Gasteiger partial charge is 0.219 e. The summed E-state index contributed by atoms with van der Waals surface area (Å²) in [4.78, 5) is 4.00. The maximum atomic E-state index is 12.1. The summed E-state index contributed by atoms with van der Waals surface area (Å²) in [6.45, 7) is 0.313. The first-order chi connectivity index (χ1) is 11.6. The van der Waals surface area contributed by atoms with Crippen LogP contribution in [0.25, 0.3) is 11.3 Å². The van der Waals surface area contributed by atoms with E-state index in [-0.39, 0.29) is 5.75 Å². The van der Waals surface area contributed by atoms with E-state index in [1.165, 1.54) is 0 Å². The van der Waals surface area contributed by atoms with Crippen LogP contribution in [-0.2, 0) is 22.2 Å². The van der Waals surface area contributed by atoms with E-state index in [0.29, 0.717) is 24.4 Å². The first kappa shape index (κ1) is 16.4. The minimum Gasteiger partial charge on any atom is -0.360 e. The lowest BCUT2D eigenvalue weighted by Crippen LogP contribution is -2.27. The molecule has 6 nitrogen and oxygen atoms in total. The van der Waals surface area contributed by atoms with Gasteiger partial charge in [0.05, 0.1) is 0 Å². The lowest BCUT2D eigenvalue weighted by molar-refractivity contribution is 0.394. The van der Waals surface area contributed by atoms with Gasteiger partial charge in [0.25, 0.3) is 0 Å². The molecule has 2 heterocycles. The van der Waals surface area contributed by atoms with Gasteiger partial charge >= 0.3 is 0 Å². The second-order valence-corrected chi connectivity index (χ2v) is 7.12. The number of nitrogens with zero attached hydrogens (tertiary/aromatic N) is 2. The Morgan fingerprint density at radius 1 is 1.08 bits per heavy atom. The molecular weight excluding hydrogens is 326 g/mol. The molecule has 0 aliphatic rings. The Bertz CT molecular complexity index is 878. The number of nitrogens with one attached hydrogen (secondary N) is 1. The van der Waals surface area contributed by atoms with Crippen molar-refractivity contribution in [2.24, 2.45) is 0 Å². The van der Waals surface area contributed by atoms with Gasteiger partial charge in [-0.3, -0.25) is 4.98 Å². The Balaban J connectivity index is 1.58. The van der Waals surface area contributed by atoms with Crippen molar-refractivity contribution in [3.8, 4) is 11.3 Å². The summed E-state index contributed by atoms with van der Waals surface area (Å²) < 4.78 is 31.9. The fraction of sp³-hybridized carbons (Fsp3) is 0.176. The number of benzene rings is 1. The molecule has 0 unspecified atom stereocenters. The van der Waals surface area contributed by atoms with E-state index in [9.17, 15) is 8.42 Å². The van der Waals surface area contributed by atoms with Crippen LogP contribution in [0.3, 0.4) is 0 Å². The van der Waals surface area contributed by atoms with E-state index in [0.717, 1.165) is 11.1 Å². The number of pyridine rings is 1. The summed E-state index contributed by atoms with van der Waals surface area (Å²) in [5.74, 6) is 0.0718. The van der Waals surface area contributed by atoms with Crippen molar-refractivity contribution in [1.82, 2.24) is 14.9 Å². The van der Waals surface area contributed by atoms with Crippen LogP contribution in [-0.4, -0.2) is 25.1 Å². The number of sulfonamides is 1. The summed E-state index contributed by atoms with van der Waals surface area (Å²) in [6, 6.07) is 14.8. The molecule has 1 aromatic carbocycles. The van der Waals surface area contributed by atoms with Gasteiger partial charge in [0, 0.05) is 30.6 Å². The molecule has 124 valence electrons. The van der Waals surface area contributed by atoms with Gasteiger partial charge in [-0.25, -0.2) is 13.1 Å². The molecule has 0 saturated heterocycles. The van der Waals surface area contributed by atoms with E-state index in [1.807, 2.05) is 42.5 Å².